The second-order valence-electron chi connectivity index (χ2n) is 5.19. The van der Waals surface area contributed by atoms with E-state index in [-0.39, 0.29) is 0 Å². The van der Waals surface area contributed by atoms with Crippen molar-refractivity contribution in [2.75, 3.05) is 6.54 Å². The molecule has 0 aliphatic carbocycles. The molecule has 0 bridgehead atoms. The minimum absolute atomic E-state index is 0.789. The van der Waals surface area contributed by atoms with Crippen LogP contribution >= 0.6 is 22.9 Å². The SMILES string of the molecule is Cc1cn2c(CNCCc3ccc(Cl)cc3)c(C)nc2s1. The molecule has 1 aromatic carbocycles. The van der Waals surface area contributed by atoms with Crippen LogP contribution in [0.2, 0.25) is 5.02 Å². The molecule has 0 saturated carbocycles. The van der Waals surface area contributed by atoms with E-state index in [1.165, 1.54) is 16.1 Å². The van der Waals surface area contributed by atoms with Gasteiger partial charge in [-0.05, 0) is 44.5 Å². The van der Waals surface area contributed by atoms with Crippen molar-refractivity contribution in [1.82, 2.24) is 14.7 Å². The summed E-state index contributed by atoms with van der Waals surface area (Å²) in [6.07, 6.45) is 3.16. The number of halogens is 1. The molecule has 2 heterocycles. The summed E-state index contributed by atoms with van der Waals surface area (Å²) in [5, 5.41) is 4.29. The normalized spacial score (nSPS) is 11.4. The monoisotopic (exact) mass is 319 g/mol. The van der Waals surface area contributed by atoms with Crippen molar-refractivity contribution in [1.29, 1.82) is 0 Å². The molecule has 0 unspecified atom stereocenters. The van der Waals surface area contributed by atoms with Crippen molar-refractivity contribution in [3.63, 3.8) is 0 Å². The standard InChI is InChI=1S/C16H18ClN3S/c1-11-10-20-15(12(2)19-16(20)21-11)9-18-8-7-13-3-5-14(17)6-4-13/h3-6,10,18H,7-9H2,1-2H3. The molecule has 5 heteroatoms. The fourth-order valence-electron chi connectivity index (χ4n) is 2.41. The van der Waals surface area contributed by atoms with Gasteiger partial charge in [-0.15, -0.1) is 11.3 Å². The van der Waals surface area contributed by atoms with Gasteiger partial charge in [0.15, 0.2) is 4.96 Å². The maximum Gasteiger partial charge on any atom is 0.194 e. The zero-order valence-corrected chi connectivity index (χ0v) is 13.8. The highest BCUT2D eigenvalue weighted by molar-refractivity contribution is 7.17. The lowest BCUT2D eigenvalue weighted by molar-refractivity contribution is 0.668. The molecule has 0 saturated heterocycles. The van der Waals surface area contributed by atoms with E-state index in [1.54, 1.807) is 11.3 Å². The van der Waals surface area contributed by atoms with Gasteiger partial charge in [0.05, 0.1) is 11.4 Å². The summed E-state index contributed by atoms with van der Waals surface area (Å²) in [7, 11) is 0. The molecular weight excluding hydrogens is 302 g/mol. The Morgan fingerprint density at radius 3 is 2.76 bits per heavy atom. The lowest BCUT2D eigenvalue weighted by Gasteiger charge is -2.05. The molecule has 0 fully saturated rings. The van der Waals surface area contributed by atoms with Crippen LogP contribution in [0.3, 0.4) is 0 Å². The number of imidazole rings is 1. The number of benzene rings is 1. The largest absolute Gasteiger partial charge is 0.311 e. The number of aryl methyl sites for hydroxylation is 2. The third-order valence-corrected chi connectivity index (χ3v) is 4.69. The molecule has 0 amide bonds. The Bertz CT molecular complexity index is 743. The van der Waals surface area contributed by atoms with Crippen LogP contribution in [-0.4, -0.2) is 15.9 Å². The molecule has 0 spiro atoms. The molecule has 0 aliphatic rings. The van der Waals surface area contributed by atoms with E-state index in [0.29, 0.717) is 0 Å². The van der Waals surface area contributed by atoms with Crippen molar-refractivity contribution in [3.8, 4) is 0 Å². The lowest BCUT2D eigenvalue weighted by atomic mass is 10.1. The van der Waals surface area contributed by atoms with E-state index < -0.39 is 0 Å². The van der Waals surface area contributed by atoms with Crippen LogP contribution in [0.25, 0.3) is 4.96 Å². The van der Waals surface area contributed by atoms with Crippen LogP contribution in [0.15, 0.2) is 30.5 Å². The van der Waals surface area contributed by atoms with Crippen molar-refractivity contribution < 1.29 is 0 Å². The molecule has 21 heavy (non-hydrogen) atoms. The van der Waals surface area contributed by atoms with Gasteiger partial charge in [0.1, 0.15) is 0 Å². The Morgan fingerprint density at radius 1 is 1.24 bits per heavy atom. The zero-order valence-electron chi connectivity index (χ0n) is 12.2. The third kappa shape index (κ3) is 3.28. The van der Waals surface area contributed by atoms with E-state index in [1.807, 2.05) is 12.1 Å². The van der Waals surface area contributed by atoms with Gasteiger partial charge in [-0.25, -0.2) is 4.98 Å². The number of rotatable bonds is 5. The summed E-state index contributed by atoms with van der Waals surface area (Å²) in [4.78, 5) is 6.98. The Morgan fingerprint density at radius 2 is 2.00 bits per heavy atom. The van der Waals surface area contributed by atoms with Crippen LogP contribution < -0.4 is 5.32 Å². The summed E-state index contributed by atoms with van der Waals surface area (Å²) < 4.78 is 2.20. The predicted molar refractivity (Wildman–Crippen MR) is 89.4 cm³/mol. The number of nitrogens with zero attached hydrogens (tertiary/aromatic N) is 2. The molecule has 0 aliphatic heterocycles. The van der Waals surface area contributed by atoms with Crippen LogP contribution in [-0.2, 0) is 13.0 Å². The van der Waals surface area contributed by atoms with E-state index in [9.17, 15) is 0 Å². The van der Waals surface area contributed by atoms with Crippen molar-refractivity contribution in [3.05, 3.63) is 57.3 Å². The third-order valence-electron chi connectivity index (χ3n) is 3.54. The van der Waals surface area contributed by atoms with Gasteiger partial charge in [0.25, 0.3) is 0 Å². The Labute approximate surface area is 133 Å². The average molecular weight is 320 g/mol. The molecular formula is C16H18ClN3S. The number of hydrogen-bond acceptors (Lipinski definition) is 3. The van der Waals surface area contributed by atoms with E-state index in [0.717, 1.165) is 35.2 Å². The quantitative estimate of drug-likeness (QED) is 0.720. The van der Waals surface area contributed by atoms with Gasteiger partial charge in [-0.2, -0.15) is 0 Å². The van der Waals surface area contributed by atoms with Gasteiger partial charge in [-0.1, -0.05) is 23.7 Å². The highest BCUT2D eigenvalue weighted by atomic mass is 35.5. The van der Waals surface area contributed by atoms with E-state index in [2.05, 4.69) is 46.9 Å². The molecule has 3 nitrogen and oxygen atoms in total. The Balaban J connectivity index is 1.59. The second kappa shape index (κ2) is 6.18. The molecule has 3 rings (SSSR count). The number of fused-ring (bicyclic) bond motifs is 1. The Kier molecular flexibility index (Phi) is 4.29. The van der Waals surface area contributed by atoms with Crippen LogP contribution in [0.1, 0.15) is 21.8 Å². The van der Waals surface area contributed by atoms with Gasteiger partial charge in [0.2, 0.25) is 0 Å². The molecule has 3 aromatic rings. The predicted octanol–water partition coefficient (Wildman–Crippen LogP) is 4.00. The van der Waals surface area contributed by atoms with E-state index in [4.69, 9.17) is 11.6 Å². The number of thiazole rings is 1. The summed E-state index contributed by atoms with van der Waals surface area (Å²) in [5.41, 5.74) is 3.67. The first-order valence-corrected chi connectivity index (χ1v) is 8.22. The zero-order chi connectivity index (χ0) is 14.8. The maximum atomic E-state index is 5.89. The topological polar surface area (TPSA) is 29.3 Å². The first kappa shape index (κ1) is 14.6. The van der Waals surface area contributed by atoms with Crippen LogP contribution in [0.5, 0.6) is 0 Å². The number of aromatic nitrogens is 2. The fourth-order valence-corrected chi connectivity index (χ4v) is 3.43. The summed E-state index contributed by atoms with van der Waals surface area (Å²) >= 11 is 7.63. The summed E-state index contributed by atoms with van der Waals surface area (Å²) in [6, 6.07) is 8.04. The van der Waals surface area contributed by atoms with Gasteiger partial charge in [-0.3, -0.25) is 4.40 Å². The average Bonchev–Trinajstić information content (AvgIpc) is 2.93. The molecule has 110 valence electrons. The van der Waals surface area contributed by atoms with Gasteiger partial charge >= 0.3 is 0 Å². The van der Waals surface area contributed by atoms with Gasteiger partial charge < -0.3 is 5.32 Å². The molecule has 0 radical (unpaired) electrons. The van der Waals surface area contributed by atoms with E-state index >= 15 is 0 Å². The van der Waals surface area contributed by atoms with Crippen LogP contribution in [0, 0.1) is 13.8 Å². The van der Waals surface area contributed by atoms with Crippen molar-refractivity contribution in [2.24, 2.45) is 0 Å². The maximum absolute atomic E-state index is 5.89. The Hall–Kier alpha value is -1.36. The number of hydrogen-bond donors (Lipinski definition) is 1. The summed E-state index contributed by atoms with van der Waals surface area (Å²) in [5.74, 6) is 0. The molecule has 1 N–H and O–H groups in total. The van der Waals surface area contributed by atoms with Crippen molar-refractivity contribution in [2.45, 2.75) is 26.8 Å². The highest BCUT2D eigenvalue weighted by Crippen LogP contribution is 2.20. The number of nitrogens with one attached hydrogen (secondary N) is 1. The first-order valence-electron chi connectivity index (χ1n) is 7.02. The van der Waals surface area contributed by atoms with Gasteiger partial charge in [0, 0.05) is 22.6 Å². The van der Waals surface area contributed by atoms with Crippen molar-refractivity contribution >= 4 is 27.9 Å². The fraction of sp³-hybridized carbons (Fsp3) is 0.312. The second-order valence-corrected chi connectivity index (χ2v) is 6.84. The first-order chi connectivity index (χ1) is 10.1. The highest BCUT2D eigenvalue weighted by Gasteiger charge is 2.10. The summed E-state index contributed by atoms with van der Waals surface area (Å²) in [6.45, 7) is 5.98. The minimum atomic E-state index is 0.789. The van der Waals surface area contributed by atoms with Crippen LogP contribution in [0.4, 0.5) is 0 Å². The minimum Gasteiger partial charge on any atom is -0.311 e. The smallest absolute Gasteiger partial charge is 0.194 e. The molecule has 2 aromatic heterocycles. The lowest BCUT2D eigenvalue weighted by Crippen LogP contribution is -2.18. The molecule has 0 atom stereocenters.